The average Bonchev–Trinajstić information content (AvgIpc) is 2.79. The molecule has 186 valence electrons. The molecule has 0 aromatic carbocycles. The maximum atomic E-state index is 13.4. The highest BCUT2D eigenvalue weighted by Gasteiger charge is 2.39. The van der Waals surface area contributed by atoms with Crippen LogP contribution in [0.4, 0.5) is 4.79 Å². The van der Waals surface area contributed by atoms with Gasteiger partial charge in [-0.1, -0.05) is 46.0 Å². The Morgan fingerprint density at radius 2 is 1.88 bits per heavy atom. The molecule has 9 nitrogen and oxygen atoms in total. The van der Waals surface area contributed by atoms with Crippen LogP contribution >= 0.6 is 0 Å². The molecule has 0 bridgehead atoms. The Hall–Kier alpha value is -1.89. The Morgan fingerprint density at radius 3 is 2.55 bits per heavy atom. The second-order valence-corrected chi connectivity index (χ2v) is 10.3. The number of rotatable bonds is 8. The van der Waals surface area contributed by atoms with Gasteiger partial charge in [-0.25, -0.2) is 4.79 Å². The summed E-state index contributed by atoms with van der Waals surface area (Å²) in [6, 6.07) is 1.67. The van der Waals surface area contributed by atoms with Gasteiger partial charge in [0.05, 0.1) is 32.4 Å². The van der Waals surface area contributed by atoms with Gasteiger partial charge in [-0.2, -0.15) is 5.26 Å². The minimum absolute atomic E-state index is 0.285. The van der Waals surface area contributed by atoms with Gasteiger partial charge in [0.15, 0.2) is 0 Å². The molecule has 2 atom stereocenters. The number of nitriles is 1. The van der Waals surface area contributed by atoms with Crippen LogP contribution in [0, 0.1) is 23.2 Å². The number of likely N-dealkylation sites (tertiary alicyclic amines) is 1. The van der Waals surface area contributed by atoms with E-state index >= 15 is 0 Å². The number of morpholine rings is 1. The van der Waals surface area contributed by atoms with E-state index in [0.29, 0.717) is 57.5 Å². The van der Waals surface area contributed by atoms with E-state index in [1.807, 2.05) is 0 Å². The minimum Gasteiger partial charge on any atom is -0.379 e. The number of nitrogens with zero attached hydrogens (tertiary/aromatic N) is 3. The highest BCUT2D eigenvalue weighted by Crippen LogP contribution is 2.28. The highest BCUT2D eigenvalue weighted by molar-refractivity contribution is 5.86. The molecule has 0 aromatic heterocycles. The smallest absolute Gasteiger partial charge is 0.379 e. The summed E-state index contributed by atoms with van der Waals surface area (Å²) >= 11 is 0. The minimum atomic E-state index is -0.926. The molecule has 2 heterocycles. The number of hydroxylamine groups is 2. The average molecular weight is 464 g/mol. The molecule has 1 aliphatic carbocycles. The Balaban J connectivity index is 1.64. The lowest BCUT2D eigenvalue weighted by molar-refractivity contribution is -0.147. The second-order valence-electron chi connectivity index (χ2n) is 10.3. The van der Waals surface area contributed by atoms with Gasteiger partial charge < -0.3 is 20.2 Å². The molecule has 2 unspecified atom stereocenters. The number of carbonyl (C=O) groups is 2. The van der Waals surface area contributed by atoms with Crippen molar-refractivity contribution in [3.8, 4) is 6.07 Å². The molecule has 33 heavy (non-hydrogen) atoms. The molecule has 9 heteroatoms. The number of amides is 2. The van der Waals surface area contributed by atoms with Gasteiger partial charge in [-0.15, -0.1) is 5.06 Å². The van der Waals surface area contributed by atoms with Gasteiger partial charge in [0.25, 0.3) is 0 Å². The number of piperidine rings is 1. The first kappa shape index (κ1) is 25.7. The molecule has 2 amide bonds. The fourth-order valence-corrected chi connectivity index (χ4v) is 5.27. The molecule has 3 rings (SSSR count). The van der Waals surface area contributed by atoms with E-state index in [9.17, 15) is 14.9 Å². The van der Waals surface area contributed by atoms with Crippen molar-refractivity contribution in [3.63, 3.8) is 0 Å². The maximum absolute atomic E-state index is 13.4. The van der Waals surface area contributed by atoms with Crippen molar-refractivity contribution in [1.82, 2.24) is 20.6 Å². The van der Waals surface area contributed by atoms with Crippen LogP contribution in [0.3, 0.4) is 0 Å². The molecule has 3 fully saturated rings. The zero-order valence-corrected chi connectivity index (χ0v) is 20.3. The molecular weight excluding hydrogens is 422 g/mol. The SMILES string of the molecule is CC(C)CN1CCCC(C#N)(NC(=O)C(CC2CCCCC2)NC(=O)ON2CCOCC2)C1. The molecule has 0 radical (unpaired) electrons. The van der Waals surface area contributed by atoms with Crippen LogP contribution in [0.15, 0.2) is 0 Å². The second kappa shape index (κ2) is 12.5. The predicted octanol–water partition coefficient (Wildman–Crippen LogP) is 2.43. The first-order chi connectivity index (χ1) is 15.9. The van der Waals surface area contributed by atoms with Crippen LogP contribution in [-0.2, 0) is 14.4 Å². The van der Waals surface area contributed by atoms with Crippen molar-refractivity contribution >= 4 is 12.0 Å². The summed E-state index contributed by atoms with van der Waals surface area (Å²) in [6.07, 6.45) is 7.10. The van der Waals surface area contributed by atoms with Crippen LogP contribution in [0.1, 0.15) is 65.2 Å². The summed E-state index contributed by atoms with van der Waals surface area (Å²) in [7, 11) is 0. The summed E-state index contributed by atoms with van der Waals surface area (Å²) in [5.74, 6) is 0.596. The summed E-state index contributed by atoms with van der Waals surface area (Å²) in [5, 5.41) is 17.4. The Morgan fingerprint density at radius 1 is 1.15 bits per heavy atom. The van der Waals surface area contributed by atoms with Gasteiger partial charge in [-0.3, -0.25) is 9.69 Å². The highest BCUT2D eigenvalue weighted by atomic mass is 16.7. The lowest BCUT2D eigenvalue weighted by atomic mass is 9.84. The fraction of sp³-hybridized carbons (Fsp3) is 0.875. The van der Waals surface area contributed by atoms with E-state index in [1.54, 1.807) is 5.06 Å². The van der Waals surface area contributed by atoms with Crippen LogP contribution in [0.2, 0.25) is 0 Å². The van der Waals surface area contributed by atoms with Crippen molar-refractivity contribution in [2.45, 2.75) is 76.8 Å². The van der Waals surface area contributed by atoms with E-state index in [2.05, 4.69) is 35.5 Å². The lowest BCUT2D eigenvalue weighted by Crippen LogP contribution is -2.62. The number of carbonyl (C=O) groups excluding carboxylic acids is 2. The lowest BCUT2D eigenvalue weighted by Gasteiger charge is -2.40. The molecule has 2 saturated heterocycles. The van der Waals surface area contributed by atoms with Gasteiger partial charge >= 0.3 is 6.09 Å². The van der Waals surface area contributed by atoms with Gasteiger partial charge in [-0.05, 0) is 37.6 Å². The molecular formula is C24H41N5O4. The summed E-state index contributed by atoms with van der Waals surface area (Å²) in [4.78, 5) is 33.7. The van der Waals surface area contributed by atoms with Crippen LogP contribution in [0.5, 0.6) is 0 Å². The molecule has 3 aliphatic rings. The standard InChI is InChI=1S/C24H41N5O4/c1-19(2)16-28-10-6-9-24(17-25,18-28)27-22(30)21(15-20-7-4-3-5-8-20)26-23(31)33-29-11-13-32-14-12-29/h19-21H,3-16,18H2,1-2H3,(H,26,31)(H,27,30). The number of ether oxygens (including phenoxy) is 1. The molecule has 2 aliphatic heterocycles. The normalized spacial score (nSPS) is 26.4. The third kappa shape index (κ3) is 8.13. The van der Waals surface area contributed by atoms with Crippen molar-refractivity contribution in [1.29, 1.82) is 5.26 Å². The van der Waals surface area contributed by atoms with Gasteiger partial charge in [0.1, 0.15) is 11.6 Å². The van der Waals surface area contributed by atoms with Crippen molar-refractivity contribution < 1.29 is 19.2 Å². The monoisotopic (exact) mass is 463 g/mol. The third-order valence-electron chi connectivity index (χ3n) is 6.86. The maximum Gasteiger partial charge on any atom is 0.426 e. The zero-order valence-electron chi connectivity index (χ0n) is 20.3. The first-order valence-electron chi connectivity index (χ1n) is 12.7. The topological polar surface area (TPSA) is 107 Å². The quantitative estimate of drug-likeness (QED) is 0.569. The Labute approximate surface area is 198 Å². The molecule has 0 aromatic rings. The van der Waals surface area contributed by atoms with E-state index < -0.39 is 17.7 Å². The predicted molar refractivity (Wildman–Crippen MR) is 124 cm³/mol. The number of nitrogens with one attached hydrogen (secondary N) is 2. The molecule has 2 N–H and O–H groups in total. The van der Waals surface area contributed by atoms with Crippen molar-refractivity contribution in [2.75, 3.05) is 45.9 Å². The summed E-state index contributed by atoms with van der Waals surface area (Å²) in [5.41, 5.74) is -0.926. The van der Waals surface area contributed by atoms with E-state index in [0.717, 1.165) is 45.2 Å². The zero-order chi connectivity index (χ0) is 23.7. The molecule has 1 saturated carbocycles. The number of hydrogen-bond acceptors (Lipinski definition) is 7. The van der Waals surface area contributed by atoms with Crippen LogP contribution in [-0.4, -0.2) is 79.5 Å². The first-order valence-corrected chi connectivity index (χ1v) is 12.7. The Bertz CT molecular complexity index is 685. The Kier molecular flexibility index (Phi) is 9.78. The van der Waals surface area contributed by atoms with Crippen molar-refractivity contribution in [3.05, 3.63) is 0 Å². The number of hydrogen-bond donors (Lipinski definition) is 2. The van der Waals surface area contributed by atoms with E-state index in [-0.39, 0.29) is 5.91 Å². The van der Waals surface area contributed by atoms with Gasteiger partial charge in [0, 0.05) is 13.1 Å². The fourth-order valence-electron chi connectivity index (χ4n) is 5.27. The van der Waals surface area contributed by atoms with Gasteiger partial charge in [0.2, 0.25) is 5.91 Å². The van der Waals surface area contributed by atoms with Crippen molar-refractivity contribution in [2.24, 2.45) is 11.8 Å². The largest absolute Gasteiger partial charge is 0.426 e. The summed E-state index contributed by atoms with van der Waals surface area (Å²) < 4.78 is 5.29. The third-order valence-corrected chi connectivity index (χ3v) is 6.86. The van der Waals surface area contributed by atoms with Crippen LogP contribution < -0.4 is 10.6 Å². The molecule has 0 spiro atoms. The van der Waals surface area contributed by atoms with E-state index in [1.165, 1.54) is 6.42 Å². The van der Waals surface area contributed by atoms with E-state index in [4.69, 9.17) is 9.57 Å². The summed E-state index contributed by atoms with van der Waals surface area (Å²) in [6.45, 7) is 8.71. The van der Waals surface area contributed by atoms with Crippen LogP contribution in [0.25, 0.3) is 0 Å².